The molecule has 0 aliphatic heterocycles. The van der Waals surface area contributed by atoms with Gasteiger partial charge in [0.25, 0.3) is 0 Å². The average molecular weight is 240 g/mol. The summed E-state index contributed by atoms with van der Waals surface area (Å²) < 4.78 is 1.48. The van der Waals surface area contributed by atoms with Gasteiger partial charge < -0.3 is 16.2 Å². The van der Waals surface area contributed by atoms with Crippen molar-refractivity contribution in [1.29, 1.82) is 0 Å². The Bertz CT molecular complexity index is 413. The number of rotatable bonds is 5. The molecule has 0 aliphatic rings. The van der Waals surface area contributed by atoms with Crippen molar-refractivity contribution in [2.45, 2.75) is 25.4 Å². The van der Waals surface area contributed by atoms with E-state index in [-0.39, 0.29) is 12.5 Å². The predicted octanol–water partition coefficient (Wildman–Crippen LogP) is -0.601. The second-order valence-corrected chi connectivity index (χ2v) is 3.97. The van der Waals surface area contributed by atoms with E-state index in [1.807, 2.05) is 0 Å². The highest BCUT2D eigenvalue weighted by Crippen LogP contribution is 2.12. The molecule has 0 aromatic carbocycles. The van der Waals surface area contributed by atoms with Crippen LogP contribution >= 0.6 is 0 Å². The molecular formula is C10H16N4O3. The number of nitrogens with one attached hydrogen (secondary N) is 1. The van der Waals surface area contributed by atoms with Gasteiger partial charge >= 0.3 is 5.97 Å². The maximum absolute atomic E-state index is 11.5. The highest BCUT2D eigenvalue weighted by atomic mass is 16.4. The average Bonchev–Trinajstić information content (AvgIpc) is 2.59. The van der Waals surface area contributed by atoms with Gasteiger partial charge in [-0.05, 0) is 6.92 Å². The molecule has 1 aromatic rings. The summed E-state index contributed by atoms with van der Waals surface area (Å²) in [4.78, 5) is 22.5. The van der Waals surface area contributed by atoms with E-state index in [9.17, 15) is 9.59 Å². The number of hydrogen-bond acceptors (Lipinski definition) is 4. The molecule has 0 saturated carbocycles. The van der Waals surface area contributed by atoms with Gasteiger partial charge in [0.05, 0.1) is 6.20 Å². The summed E-state index contributed by atoms with van der Waals surface area (Å²) in [5.74, 6) is -1.52. The van der Waals surface area contributed by atoms with Crippen LogP contribution in [0.15, 0.2) is 12.4 Å². The van der Waals surface area contributed by atoms with Crippen LogP contribution in [0.1, 0.15) is 24.9 Å². The zero-order valence-corrected chi connectivity index (χ0v) is 9.75. The summed E-state index contributed by atoms with van der Waals surface area (Å²) in [5.41, 5.74) is 5.89. The third-order valence-electron chi connectivity index (χ3n) is 2.12. The lowest BCUT2D eigenvalue weighted by molar-refractivity contribution is -0.142. The van der Waals surface area contributed by atoms with Crippen molar-refractivity contribution in [3.05, 3.63) is 18.0 Å². The number of aryl methyl sites for hydroxylation is 1. The lowest BCUT2D eigenvalue weighted by Gasteiger charge is -2.13. The van der Waals surface area contributed by atoms with Crippen molar-refractivity contribution >= 4 is 11.9 Å². The zero-order valence-electron chi connectivity index (χ0n) is 9.75. The van der Waals surface area contributed by atoms with Crippen LogP contribution in [0, 0.1) is 0 Å². The molecular weight excluding hydrogens is 224 g/mol. The van der Waals surface area contributed by atoms with Crippen LogP contribution in [0.25, 0.3) is 0 Å². The molecule has 2 atom stereocenters. The van der Waals surface area contributed by atoms with Crippen molar-refractivity contribution in [2.75, 3.05) is 0 Å². The summed E-state index contributed by atoms with van der Waals surface area (Å²) in [5, 5.41) is 15.3. The highest BCUT2D eigenvalue weighted by molar-refractivity contribution is 5.84. The number of hydrogen-bond donors (Lipinski definition) is 3. The molecule has 0 spiro atoms. The number of nitrogens with zero attached hydrogens (tertiary/aromatic N) is 2. The molecule has 1 heterocycles. The van der Waals surface area contributed by atoms with Gasteiger partial charge in [-0.1, -0.05) is 0 Å². The van der Waals surface area contributed by atoms with E-state index in [1.165, 1.54) is 10.9 Å². The lowest BCUT2D eigenvalue weighted by Crippen LogP contribution is -2.36. The Morgan fingerprint density at radius 2 is 2.29 bits per heavy atom. The normalized spacial score (nSPS) is 14.1. The monoisotopic (exact) mass is 240 g/mol. The zero-order chi connectivity index (χ0) is 13.0. The summed E-state index contributed by atoms with van der Waals surface area (Å²) in [6.45, 7) is 1.68. The van der Waals surface area contributed by atoms with Crippen LogP contribution in [0.2, 0.25) is 0 Å². The molecule has 1 aromatic heterocycles. The molecule has 0 fully saturated rings. The van der Waals surface area contributed by atoms with Gasteiger partial charge in [-0.15, -0.1) is 0 Å². The second kappa shape index (κ2) is 5.44. The second-order valence-electron chi connectivity index (χ2n) is 3.97. The van der Waals surface area contributed by atoms with E-state index in [0.29, 0.717) is 5.56 Å². The molecule has 4 N–H and O–H groups in total. The number of nitrogens with two attached hydrogens (primary N) is 1. The van der Waals surface area contributed by atoms with Gasteiger partial charge in [0.1, 0.15) is 0 Å². The number of aliphatic carboxylic acids is 1. The van der Waals surface area contributed by atoms with Crippen molar-refractivity contribution in [3.63, 3.8) is 0 Å². The molecule has 7 heteroatoms. The van der Waals surface area contributed by atoms with Crippen LogP contribution in [0.4, 0.5) is 0 Å². The van der Waals surface area contributed by atoms with Gasteiger partial charge in [-0.25, -0.2) is 4.79 Å². The minimum absolute atomic E-state index is 0.0873. The minimum atomic E-state index is -1.13. The van der Waals surface area contributed by atoms with Gasteiger partial charge in [0, 0.05) is 31.3 Å². The van der Waals surface area contributed by atoms with Gasteiger partial charge in [-0.2, -0.15) is 5.10 Å². The first-order valence-corrected chi connectivity index (χ1v) is 5.16. The lowest BCUT2D eigenvalue weighted by atomic mass is 10.1. The van der Waals surface area contributed by atoms with E-state index in [0.717, 1.165) is 0 Å². The predicted molar refractivity (Wildman–Crippen MR) is 60.0 cm³/mol. The third-order valence-corrected chi connectivity index (χ3v) is 2.12. The van der Waals surface area contributed by atoms with Crippen LogP contribution in [0.5, 0.6) is 0 Å². The van der Waals surface area contributed by atoms with E-state index >= 15 is 0 Å². The Hall–Kier alpha value is -1.89. The summed E-state index contributed by atoms with van der Waals surface area (Å²) in [6, 6.07) is -1.40. The van der Waals surface area contributed by atoms with Crippen molar-refractivity contribution in [3.8, 4) is 0 Å². The molecule has 0 aliphatic carbocycles. The molecule has 7 nitrogen and oxygen atoms in total. The van der Waals surface area contributed by atoms with Gasteiger partial charge in [0.2, 0.25) is 5.91 Å². The maximum atomic E-state index is 11.5. The quantitative estimate of drug-likeness (QED) is 0.636. The van der Waals surface area contributed by atoms with Crippen LogP contribution in [-0.2, 0) is 16.6 Å². The topological polar surface area (TPSA) is 110 Å². The van der Waals surface area contributed by atoms with Crippen molar-refractivity contribution in [2.24, 2.45) is 12.8 Å². The number of carbonyl (C=O) groups is 2. The Morgan fingerprint density at radius 1 is 1.65 bits per heavy atom. The first kappa shape index (κ1) is 13.2. The van der Waals surface area contributed by atoms with Crippen LogP contribution in [0.3, 0.4) is 0 Å². The number of carboxylic acid groups (broad SMARTS) is 1. The van der Waals surface area contributed by atoms with Crippen molar-refractivity contribution in [1.82, 2.24) is 15.1 Å². The molecule has 0 radical (unpaired) electrons. The molecule has 94 valence electrons. The molecule has 0 saturated heterocycles. The smallest absolute Gasteiger partial charge is 0.331 e. The fraction of sp³-hybridized carbons (Fsp3) is 0.500. The Labute approximate surface area is 98.6 Å². The largest absolute Gasteiger partial charge is 0.479 e. The van der Waals surface area contributed by atoms with Gasteiger partial charge in [0.15, 0.2) is 6.04 Å². The number of carboxylic acids is 1. The SMILES string of the molecule is CC(N)CC(=O)NC(C(=O)O)c1cnn(C)c1. The molecule has 1 amide bonds. The summed E-state index contributed by atoms with van der Waals surface area (Å²) >= 11 is 0. The Morgan fingerprint density at radius 3 is 2.71 bits per heavy atom. The first-order chi connectivity index (χ1) is 7.90. The Kier molecular flexibility index (Phi) is 4.22. The molecule has 0 bridgehead atoms. The van der Waals surface area contributed by atoms with E-state index < -0.39 is 17.9 Å². The maximum Gasteiger partial charge on any atom is 0.331 e. The minimum Gasteiger partial charge on any atom is -0.479 e. The number of aromatic nitrogens is 2. The molecule has 17 heavy (non-hydrogen) atoms. The highest BCUT2D eigenvalue weighted by Gasteiger charge is 2.23. The molecule has 2 unspecified atom stereocenters. The van der Waals surface area contributed by atoms with E-state index in [1.54, 1.807) is 20.2 Å². The number of amides is 1. The van der Waals surface area contributed by atoms with Crippen molar-refractivity contribution < 1.29 is 14.7 Å². The van der Waals surface area contributed by atoms with E-state index in [4.69, 9.17) is 10.8 Å². The fourth-order valence-corrected chi connectivity index (χ4v) is 1.39. The summed E-state index contributed by atoms with van der Waals surface area (Å²) in [7, 11) is 1.67. The summed E-state index contributed by atoms with van der Waals surface area (Å²) in [6.07, 6.45) is 3.04. The molecule has 1 rings (SSSR count). The third kappa shape index (κ3) is 3.87. The Balaban J connectivity index is 2.74. The standard InChI is InChI=1S/C10H16N4O3/c1-6(11)3-8(15)13-9(10(16)17)7-4-12-14(2)5-7/h4-6,9H,3,11H2,1-2H3,(H,13,15)(H,16,17). The van der Waals surface area contributed by atoms with Crippen LogP contribution in [-0.4, -0.2) is 32.8 Å². The fourth-order valence-electron chi connectivity index (χ4n) is 1.39. The first-order valence-electron chi connectivity index (χ1n) is 5.16. The van der Waals surface area contributed by atoms with Gasteiger partial charge in [-0.3, -0.25) is 9.48 Å². The van der Waals surface area contributed by atoms with E-state index in [2.05, 4.69) is 10.4 Å². The van der Waals surface area contributed by atoms with Crippen LogP contribution < -0.4 is 11.1 Å². The number of carbonyl (C=O) groups excluding carboxylic acids is 1.